The first-order valence-corrected chi connectivity index (χ1v) is 16.0. The molecule has 0 atom stereocenters. The smallest absolute Gasteiger partial charge is 0.167 e. The number of aromatic nitrogens is 3. The molecule has 0 aliphatic carbocycles. The number of hydrogen-bond acceptors (Lipinski definition) is 4. The van der Waals surface area contributed by atoms with Crippen molar-refractivity contribution in [2.24, 2.45) is 0 Å². The van der Waals surface area contributed by atoms with Gasteiger partial charge in [0.1, 0.15) is 11.2 Å². The van der Waals surface area contributed by atoms with Crippen molar-refractivity contribution < 1.29 is 11.3 Å². The second-order valence-electron chi connectivity index (χ2n) is 11.7. The first-order chi connectivity index (χ1) is 26.4. The minimum Gasteiger partial charge on any atom is -0.455 e. The zero-order valence-corrected chi connectivity index (χ0v) is 26.1. The van der Waals surface area contributed by atoms with E-state index in [4.69, 9.17) is 26.2 Å². The van der Waals surface area contributed by atoms with Crippen LogP contribution in [0.25, 0.3) is 89.5 Å². The van der Waals surface area contributed by atoms with E-state index in [-0.39, 0.29) is 29.7 Å². The van der Waals surface area contributed by atoms with E-state index in [0.717, 1.165) is 55.3 Å². The van der Waals surface area contributed by atoms with Crippen LogP contribution in [0.2, 0.25) is 0 Å². The summed E-state index contributed by atoms with van der Waals surface area (Å²) in [6, 6.07) is 46.1. The monoisotopic (exact) mass is 632 g/mol. The maximum absolute atomic E-state index is 8.34. The van der Waals surface area contributed by atoms with Crippen LogP contribution in [0.3, 0.4) is 0 Å². The molecule has 0 N–H and O–H groups in total. The van der Waals surface area contributed by atoms with Gasteiger partial charge in [0, 0.05) is 27.5 Å². The van der Waals surface area contributed by atoms with Crippen molar-refractivity contribution in [1.29, 1.82) is 0 Å². The number of furan rings is 1. The summed E-state index contributed by atoms with van der Waals surface area (Å²) in [5.74, 6) is 1.69. The zero-order chi connectivity index (χ0) is 36.9. The molecule has 0 aliphatic rings. The van der Waals surface area contributed by atoms with Crippen LogP contribution >= 0.6 is 0 Å². The highest BCUT2D eigenvalue weighted by atomic mass is 16.3. The Morgan fingerprint density at radius 1 is 0.347 bits per heavy atom. The van der Waals surface area contributed by atoms with Crippen molar-refractivity contribution in [2.45, 2.75) is 0 Å². The molecule has 0 saturated carbocycles. The average Bonchev–Trinajstić information content (AvgIpc) is 3.62. The Kier molecular flexibility index (Phi) is 5.87. The highest BCUT2D eigenvalue weighted by molar-refractivity contribution is 6.12. The molecule has 0 bridgehead atoms. The van der Waals surface area contributed by atoms with E-state index in [9.17, 15) is 0 Å². The van der Waals surface area contributed by atoms with E-state index < -0.39 is 6.04 Å². The van der Waals surface area contributed by atoms with Crippen LogP contribution in [-0.4, -0.2) is 15.0 Å². The largest absolute Gasteiger partial charge is 0.455 e. The second-order valence-corrected chi connectivity index (χ2v) is 11.7. The number of rotatable bonds is 6. The molecule has 0 saturated heterocycles. The van der Waals surface area contributed by atoms with Crippen molar-refractivity contribution in [2.75, 3.05) is 0 Å². The Morgan fingerprint density at radius 3 is 1.35 bits per heavy atom. The predicted octanol–water partition coefficient (Wildman–Crippen LogP) is 11.8. The van der Waals surface area contributed by atoms with E-state index >= 15 is 0 Å². The molecular weight excluding hydrogens is 599 g/mol. The molecular formula is C45H29N3O. The molecule has 0 radical (unpaired) electrons. The highest BCUT2D eigenvalue weighted by Gasteiger charge is 2.19. The minimum atomic E-state index is -0.401. The summed E-state index contributed by atoms with van der Waals surface area (Å²) in [4.78, 5) is 14.8. The van der Waals surface area contributed by atoms with E-state index in [0.29, 0.717) is 28.6 Å². The summed E-state index contributed by atoms with van der Waals surface area (Å²) in [5.41, 5.74) is 8.61. The SMILES string of the molecule is [2H]c1c([2H])c([2H])c(-c2ccc(-c3ccc(-c4cccc5c4oc4c(-c6nc(-c7ccccc7)nc(-c7ccccc7)n6)cccc45)cc3)cc2)c([2H])c1[2H]. The lowest BCUT2D eigenvalue weighted by Gasteiger charge is -2.08. The Hall–Kier alpha value is -6.65. The van der Waals surface area contributed by atoms with Crippen LogP contribution in [0.5, 0.6) is 0 Å². The number of para-hydroxylation sites is 2. The van der Waals surface area contributed by atoms with Crippen molar-refractivity contribution in [3.63, 3.8) is 0 Å². The van der Waals surface area contributed by atoms with E-state index in [2.05, 4.69) is 30.3 Å². The van der Waals surface area contributed by atoms with Crippen LogP contribution in [0.1, 0.15) is 6.85 Å². The Bertz CT molecular complexity index is 2770. The summed E-state index contributed by atoms with van der Waals surface area (Å²) in [7, 11) is 0. The normalized spacial score (nSPS) is 12.7. The average molecular weight is 633 g/mol. The van der Waals surface area contributed by atoms with Gasteiger partial charge in [-0.15, -0.1) is 0 Å². The number of hydrogen-bond donors (Lipinski definition) is 0. The molecule has 0 spiro atoms. The van der Waals surface area contributed by atoms with Crippen LogP contribution < -0.4 is 0 Å². The van der Waals surface area contributed by atoms with Crippen molar-refractivity contribution in [3.05, 3.63) is 176 Å². The zero-order valence-electron chi connectivity index (χ0n) is 31.1. The third-order valence-electron chi connectivity index (χ3n) is 8.67. The molecule has 2 aromatic heterocycles. The molecule has 9 aromatic rings. The molecule has 2 heterocycles. The van der Waals surface area contributed by atoms with Crippen LogP contribution in [0, 0.1) is 0 Å². The maximum Gasteiger partial charge on any atom is 0.167 e. The summed E-state index contributed by atoms with van der Waals surface area (Å²) in [6.45, 7) is 0. The van der Waals surface area contributed by atoms with Gasteiger partial charge < -0.3 is 4.42 Å². The molecule has 230 valence electrons. The van der Waals surface area contributed by atoms with E-state index in [1.807, 2.05) is 103 Å². The Morgan fingerprint density at radius 2 is 0.796 bits per heavy atom. The fraction of sp³-hybridized carbons (Fsp3) is 0. The van der Waals surface area contributed by atoms with Crippen molar-refractivity contribution in [3.8, 4) is 67.5 Å². The lowest BCUT2D eigenvalue weighted by molar-refractivity contribution is 0.670. The maximum atomic E-state index is 8.34. The first-order valence-electron chi connectivity index (χ1n) is 18.5. The third-order valence-corrected chi connectivity index (χ3v) is 8.67. The molecule has 0 unspecified atom stereocenters. The molecule has 0 fully saturated rings. The lowest BCUT2D eigenvalue weighted by Crippen LogP contribution is -2.00. The Balaban J connectivity index is 1.09. The van der Waals surface area contributed by atoms with Gasteiger partial charge in [-0.3, -0.25) is 0 Å². The van der Waals surface area contributed by atoms with Gasteiger partial charge in [0.2, 0.25) is 0 Å². The number of nitrogens with zero attached hydrogens (tertiary/aromatic N) is 3. The van der Waals surface area contributed by atoms with Crippen LogP contribution in [0.4, 0.5) is 0 Å². The minimum absolute atomic E-state index is 0.189. The fourth-order valence-corrected chi connectivity index (χ4v) is 6.22. The first kappa shape index (κ1) is 23.6. The van der Waals surface area contributed by atoms with E-state index in [1.165, 1.54) is 0 Å². The second kappa shape index (κ2) is 12.2. The van der Waals surface area contributed by atoms with Gasteiger partial charge >= 0.3 is 0 Å². The summed E-state index contributed by atoms with van der Waals surface area (Å²) >= 11 is 0. The van der Waals surface area contributed by atoms with Gasteiger partial charge in [0.05, 0.1) is 12.4 Å². The van der Waals surface area contributed by atoms with Gasteiger partial charge in [-0.2, -0.15) is 0 Å². The third kappa shape index (κ3) is 5.35. The molecule has 49 heavy (non-hydrogen) atoms. The van der Waals surface area contributed by atoms with Crippen molar-refractivity contribution in [1.82, 2.24) is 15.0 Å². The standard InChI is InChI=1S/C45H29N3O/c1-4-12-30(13-5-1)31-22-24-32(25-23-31)33-26-28-34(29-27-33)37-18-10-19-38-39-20-11-21-40(42(39)49-41(37)38)45-47-43(35-14-6-2-7-15-35)46-44(48-45)36-16-8-3-9-17-36/h1-29H/i1D,4D,5D,12D,13D. The molecule has 7 aromatic carbocycles. The summed E-state index contributed by atoms with van der Waals surface area (Å²) in [6.07, 6.45) is 0. The summed E-state index contributed by atoms with van der Waals surface area (Å²) in [5, 5.41) is 1.94. The van der Waals surface area contributed by atoms with Gasteiger partial charge in [-0.25, -0.2) is 15.0 Å². The van der Waals surface area contributed by atoms with Gasteiger partial charge in [0.15, 0.2) is 17.5 Å². The summed E-state index contributed by atoms with van der Waals surface area (Å²) < 4.78 is 47.4. The molecule has 0 amide bonds. The topological polar surface area (TPSA) is 51.8 Å². The molecule has 0 aliphatic heterocycles. The highest BCUT2D eigenvalue weighted by Crippen LogP contribution is 2.40. The molecule has 9 rings (SSSR count). The quantitative estimate of drug-likeness (QED) is 0.183. The molecule has 4 heteroatoms. The van der Waals surface area contributed by atoms with Gasteiger partial charge in [0.25, 0.3) is 0 Å². The Labute approximate surface area is 291 Å². The lowest BCUT2D eigenvalue weighted by atomic mass is 9.97. The number of fused-ring (bicyclic) bond motifs is 3. The molecule has 4 nitrogen and oxygen atoms in total. The predicted molar refractivity (Wildman–Crippen MR) is 200 cm³/mol. The fourth-order valence-electron chi connectivity index (χ4n) is 6.22. The van der Waals surface area contributed by atoms with Crippen LogP contribution in [0.15, 0.2) is 180 Å². The van der Waals surface area contributed by atoms with E-state index in [1.54, 1.807) is 12.1 Å². The van der Waals surface area contributed by atoms with Crippen LogP contribution in [-0.2, 0) is 0 Å². The van der Waals surface area contributed by atoms with Gasteiger partial charge in [-0.05, 0) is 33.9 Å². The van der Waals surface area contributed by atoms with Crippen molar-refractivity contribution >= 4 is 21.9 Å². The van der Waals surface area contributed by atoms with Gasteiger partial charge in [-0.1, -0.05) is 170 Å². The number of benzene rings is 7.